The van der Waals surface area contributed by atoms with E-state index in [9.17, 15) is 23.7 Å². The SMILES string of the molecule is O=c1c(=Cc2ccccc2[N+](=O)[O-])sc2n1C(c1ccc(F)cc1)C1=C(N=2)C(=Cc2ccc(F)cc2)CCC1. The molecule has 3 aromatic carbocycles. The van der Waals surface area contributed by atoms with Gasteiger partial charge in [-0.25, -0.2) is 13.8 Å². The van der Waals surface area contributed by atoms with Crippen LogP contribution in [0.5, 0.6) is 0 Å². The molecule has 9 heteroatoms. The highest BCUT2D eigenvalue weighted by Gasteiger charge is 2.32. The van der Waals surface area contributed by atoms with Crippen LogP contribution < -0.4 is 14.9 Å². The fourth-order valence-corrected chi connectivity index (χ4v) is 6.17. The largest absolute Gasteiger partial charge is 0.276 e. The molecule has 2 heterocycles. The molecule has 0 spiro atoms. The van der Waals surface area contributed by atoms with Crippen molar-refractivity contribution in [3.8, 4) is 0 Å². The molecule has 6 nitrogen and oxygen atoms in total. The van der Waals surface area contributed by atoms with Crippen LogP contribution in [0, 0.1) is 21.7 Å². The van der Waals surface area contributed by atoms with Crippen LogP contribution in [0.3, 0.4) is 0 Å². The Morgan fingerprint density at radius 2 is 1.64 bits per heavy atom. The van der Waals surface area contributed by atoms with Crippen molar-refractivity contribution >= 4 is 29.2 Å². The maximum absolute atomic E-state index is 13.9. The Balaban J connectivity index is 1.58. The normalized spacial score (nSPS) is 18.1. The molecule has 0 saturated heterocycles. The molecule has 0 radical (unpaired) electrons. The standard InChI is InChI=1S/C30H21F2N3O3S/c31-22-12-8-18(9-13-22)16-21-5-3-6-24-27(21)33-30-34(28(24)19-10-14-23(32)15-11-19)29(36)26(39-30)17-20-4-1-2-7-25(20)35(37)38/h1-2,4,7-17,28H,3,5-6H2. The van der Waals surface area contributed by atoms with E-state index in [2.05, 4.69) is 0 Å². The summed E-state index contributed by atoms with van der Waals surface area (Å²) in [6.45, 7) is 0. The minimum atomic E-state index is -0.498. The number of hydrogen-bond donors (Lipinski definition) is 0. The first kappa shape index (κ1) is 24.8. The summed E-state index contributed by atoms with van der Waals surface area (Å²) in [7, 11) is 0. The molecule has 0 saturated carbocycles. The summed E-state index contributed by atoms with van der Waals surface area (Å²) in [5, 5.41) is 11.6. The Bertz CT molecular complexity index is 1850. The fraction of sp³-hybridized carbons (Fsp3) is 0.133. The topological polar surface area (TPSA) is 77.5 Å². The number of hydrogen-bond acceptors (Lipinski definition) is 5. The molecule has 1 aliphatic carbocycles. The van der Waals surface area contributed by atoms with E-state index in [1.165, 1.54) is 47.7 Å². The number of nitrogens with zero attached hydrogens (tertiary/aromatic N) is 3. The van der Waals surface area contributed by atoms with Gasteiger partial charge >= 0.3 is 0 Å². The first-order valence-corrected chi connectivity index (χ1v) is 13.2. The molecule has 1 aromatic heterocycles. The predicted molar refractivity (Wildman–Crippen MR) is 146 cm³/mol. The van der Waals surface area contributed by atoms with Gasteiger partial charge in [0, 0.05) is 6.07 Å². The second kappa shape index (κ2) is 9.99. The molecular formula is C30H21F2N3O3S. The number of thiazole rings is 1. The minimum Gasteiger partial charge on any atom is -0.272 e. The van der Waals surface area contributed by atoms with Gasteiger partial charge in [-0.3, -0.25) is 19.5 Å². The predicted octanol–water partition coefficient (Wildman–Crippen LogP) is 5.67. The second-order valence-corrected chi connectivity index (χ2v) is 10.4. The molecule has 1 unspecified atom stereocenters. The lowest BCUT2D eigenvalue weighted by atomic mass is 9.84. The van der Waals surface area contributed by atoms with Crippen molar-refractivity contribution < 1.29 is 13.7 Å². The highest BCUT2D eigenvalue weighted by molar-refractivity contribution is 7.07. The van der Waals surface area contributed by atoms with Crippen LogP contribution in [0.2, 0.25) is 0 Å². The average Bonchev–Trinajstić information content (AvgIpc) is 3.24. The van der Waals surface area contributed by atoms with E-state index in [0.29, 0.717) is 21.3 Å². The number of halogens is 2. The van der Waals surface area contributed by atoms with Gasteiger partial charge in [0.25, 0.3) is 11.2 Å². The van der Waals surface area contributed by atoms with Crippen LogP contribution in [0.15, 0.2) is 99.4 Å². The smallest absolute Gasteiger partial charge is 0.272 e. The number of nitro benzene ring substituents is 1. The lowest BCUT2D eigenvalue weighted by Crippen LogP contribution is -2.39. The van der Waals surface area contributed by atoms with Gasteiger partial charge in [-0.1, -0.05) is 47.7 Å². The van der Waals surface area contributed by atoms with Crippen molar-refractivity contribution in [3.63, 3.8) is 0 Å². The van der Waals surface area contributed by atoms with Crippen molar-refractivity contribution in [2.75, 3.05) is 0 Å². The zero-order chi connectivity index (χ0) is 27.1. The van der Waals surface area contributed by atoms with Crippen molar-refractivity contribution in [1.29, 1.82) is 0 Å². The summed E-state index contributed by atoms with van der Waals surface area (Å²) in [4.78, 5) is 30.3. The zero-order valence-corrected chi connectivity index (χ0v) is 21.3. The van der Waals surface area contributed by atoms with Crippen molar-refractivity contribution in [2.45, 2.75) is 25.3 Å². The molecule has 1 atom stereocenters. The molecule has 6 rings (SSSR count). The third-order valence-electron chi connectivity index (χ3n) is 6.95. The number of allylic oxidation sites excluding steroid dienone is 2. The van der Waals surface area contributed by atoms with Crippen LogP contribution >= 0.6 is 11.3 Å². The Morgan fingerprint density at radius 1 is 0.949 bits per heavy atom. The number of para-hydroxylation sites is 1. The molecule has 0 N–H and O–H groups in total. The average molecular weight is 542 g/mol. The van der Waals surface area contributed by atoms with E-state index in [1.54, 1.807) is 47.0 Å². The summed E-state index contributed by atoms with van der Waals surface area (Å²) in [5.41, 5.74) is 4.21. The van der Waals surface area contributed by atoms with E-state index in [-0.39, 0.29) is 22.9 Å². The van der Waals surface area contributed by atoms with Gasteiger partial charge < -0.3 is 0 Å². The minimum absolute atomic E-state index is 0.0952. The highest BCUT2D eigenvalue weighted by Crippen LogP contribution is 2.41. The Kier molecular flexibility index (Phi) is 6.36. The third kappa shape index (κ3) is 4.66. The van der Waals surface area contributed by atoms with E-state index in [1.807, 2.05) is 6.08 Å². The lowest BCUT2D eigenvalue weighted by Gasteiger charge is -2.31. The quantitative estimate of drug-likeness (QED) is 0.247. The highest BCUT2D eigenvalue weighted by atomic mass is 32.1. The van der Waals surface area contributed by atoms with Gasteiger partial charge in [-0.2, -0.15) is 0 Å². The van der Waals surface area contributed by atoms with Gasteiger partial charge in [0.15, 0.2) is 4.80 Å². The summed E-state index contributed by atoms with van der Waals surface area (Å²) in [5.74, 6) is -0.693. The van der Waals surface area contributed by atoms with E-state index in [4.69, 9.17) is 4.99 Å². The van der Waals surface area contributed by atoms with Crippen molar-refractivity contribution in [1.82, 2.24) is 4.57 Å². The van der Waals surface area contributed by atoms with E-state index >= 15 is 0 Å². The maximum Gasteiger partial charge on any atom is 0.276 e. The molecular weight excluding hydrogens is 520 g/mol. The maximum atomic E-state index is 13.9. The molecule has 0 bridgehead atoms. The summed E-state index contributed by atoms with van der Waals surface area (Å²) in [6, 6.07) is 18.1. The van der Waals surface area contributed by atoms with Crippen LogP contribution in [-0.4, -0.2) is 9.49 Å². The van der Waals surface area contributed by atoms with Gasteiger partial charge in [0.1, 0.15) is 11.6 Å². The van der Waals surface area contributed by atoms with Crippen LogP contribution in [0.1, 0.15) is 42.0 Å². The Morgan fingerprint density at radius 3 is 2.36 bits per heavy atom. The lowest BCUT2D eigenvalue weighted by molar-refractivity contribution is -0.385. The van der Waals surface area contributed by atoms with Crippen molar-refractivity contribution in [3.05, 3.63) is 148 Å². The summed E-state index contributed by atoms with van der Waals surface area (Å²) in [6.07, 6.45) is 5.82. The Hall–Kier alpha value is -4.50. The van der Waals surface area contributed by atoms with E-state index in [0.717, 1.165) is 40.8 Å². The molecule has 0 fully saturated rings. The zero-order valence-electron chi connectivity index (χ0n) is 20.5. The number of nitro groups is 1. The molecule has 194 valence electrons. The van der Waals surface area contributed by atoms with Gasteiger partial charge in [0.05, 0.1) is 26.8 Å². The number of benzene rings is 3. The summed E-state index contributed by atoms with van der Waals surface area (Å²) < 4.78 is 29.3. The third-order valence-corrected chi connectivity index (χ3v) is 7.93. The van der Waals surface area contributed by atoms with Crippen LogP contribution in [0.25, 0.3) is 12.2 Å². The van der Waals surface area contributed by atoms with Crippen molar-refractivity contribution in [2.24, 2.45) is 4.99 Å². The number of aromatic nitrogens is 1. The molecule has 0 amide bonds. The van der Waals surface area contributed by atoms with Crippen LogP contribution in [0.4, 0.5) is 14.5 Å². The van der Waals surface area contributed by atoms with E-state index < -0.39 is 11.0 Å². The summed E-state index contributed by atoms with van der Waals surface area (Å²) >= 11 is 1.17. The molecule has 2 aliphatic rings. The first-order chi connectivity index (χ1) is 18.9. The van der Waals surface area contributed by atoms with Crippen LogP contribution in [-0.2, 0) is 0 Å². The Labute approximate surface area is 225 Å². The monoisotopic (exact) mass is 541 g/mol. The second-order valence-electron chi connectivity index (χ2n) is 9.40. The first-order valence-electron chi connectivity index (χ1n) is 12.4. The molecule has 1 aliphatic heterocycles. The molecule has 4 aromatic rings. The number of fused-ring (bicyclic) bond motifs is 1. The fourth-order valence-electron chi connectivity index (χ4n) is 5.18. The van der Waals surface area contributed by atoms with Gasteiger partial charge in [-0.15, -0.1) is 0 Å². The number of rotatable bonds is 4. The van der Waals surface area contributed by atoms with Gasteiger partial charge in [-0.05, 0) is 84.0 Å². The van der Waals surface area contributed by atoms with Gasteiger partial charge in [0.2, 0.25) is 0 Å². The molecule has 39 heavy (non-hydrogen) atoms.